The van der Waals surface area contributed by atoms with Crippen molar-refractivity contribution in [3.05, 3.63) is 11.6 Å². The molecule has 1 amide bonds. The summed E-state index contributed by atoms with van der Waals surface area (Å²) in [5.41, 5.74) is -0.147. The summed E-state index contributed by atoms with van der Waals surface area (Å²) in [6.07, 6.45) is 0. The molecule has 0 saturated carbocycles. The molecule has 0 atom stereocenters. The number of rotatable bonds is 3. The van der Waals surface area contributed by atoms with Gasteiger partial charge in [-0.3, -0.25) is 14.8 Å². The zero-order valence-corrected chi connectivity index (χ0v) is 12.4. The van der Waals surface area contributed by atoms with Gasteiger partial charge in [-0.25, -0.2) is 4.98 Å². The number of amides is 1. The van der Waals surface area contributed by atoms with Crippen molar-refractivity contribution in [3.8, 4) is 0 Å². The molecular formula is C13H23N5O2. The molecule has 2 rings (SSSR count). The molecule has 0 bridgehead atoms. The predicted octanol–water partition coefficient (Wildman–Crippen LogP) is -0.148. The highest BCUT2D eigenvalue weighted by Crippen LogP contribution is 2.17. The lowest BCUT2D eigenvalue weighted by molar-refractivity contribution is 0.0603. The van der Waals surface area contributed by atoms with Crippen molar-refractivity contribution in [1.82, 2.24) is 25.0 Å². The number of hydrogen-bond donors (Lipinski definition) is 2. The fourth-order valence-corrected chi connectivity index (χ4v) is 2.15. The molecule has 1 aromatic rings. The van der Waals surface area contributed by atoms with Crippen molar-refractivity contribution < 1.29 is 9.90 Å². The molecule has 0 spiro atoms. The minimum atomic E-state index is -0.147. The van der Waals surface area contributed by atoms with Gasteiger partial charge in [0.25, 0.3) is 5.91 Å². The van der Waals surface area contributed by atoms with Crippen molar-refractivity contribution in [2.75, 3.05) is 39.3 Å². The highest BCUT2D eigenvalue weighted by molar-refractivity contribution is 5.90. The van der Waals surface area contributed by atoms with Gasteiger partial charge >= 0.3 is 0 Å². The first-order valence-electron chi connectivity index (χ1n) is 6.97. The molecule has 1 fully saturated rings. The van der Waals surface area contributed by atoms with Crippen molar-refractivity contribution in [3.63, 3.8) is 0 Å². The maximum absolute atomic E-state index is 12.3. The van der Waals surface area contributed by atoms with Gasteiger partial charge in [-0.2, -0.15) is 0 Å². The van der Waals surface area contributed by atoms with Crippen LogP contribution in [0.3, 0.4) is 0 Å². The van der Waals surface area contributed by atoms with Gasteiger partial charge in [0.1, 0.15) is 5.82 Å². The van der Waals surface area contributed by atoms with E-state index in [9.17, 15) is 4.79 Å². The fraction of sp³-hybridized carbons (Fsp3) is 0.769. The minimum absolute atomic E-state index is 0.125. The Morgan fingerprint density at radius 1 is 1.30 bits per heavy atom. The van der Waals surface area contributed by atoms with Crippen LogP contribution in [0.1, 0.15) is 37.2 Å². The van der Waals surface area contributed by atoms with Gasteiger partial charge < -0.3 is 10.0 Å². The molecule has 1 aliphatic rings. The monoisotopic (exact) mass is 281 g/mol. The number of piperazine rings is 1. The van der Waals surface area contributed by atoms with Crippen LogP contribution in [0.2, 0.25) is 0 Å². The molecule has 0 radical (unpaired) electrons. The molecule has 1 aliphatic heterocycles. The molecule has 2 N–H and O–H groups in total. The minimum Gasteiger partial charge on any atom is -0.395 e. The quantitative estimate of drug-likeness (QED) is 0.805. The molecular weight excluding hydrogens is 258 g/mol. The van der Waals surface area contributed by atoms with Gasteiger partial charge in [0.2, 0.25) is 5.82 Å². The number of nitrogens with zero attached hydrogens (tertiary/aromatic N) is 4. The number of aliphatic hydroxyl groups is 1. The Morgan fingerprint density at radius 2 is 1.95 bits per heavy atom. The Kier molecular flexibility index (Phi) is 4.39. The zero-order valence-electron chi connectivity index (χ0n) is 12.4. The number of aliphatic hydroxyl groups excluding tert-OH is 1. The van der Waals surface area contributed by atoms with Crippen LogP contribution >= 0.6 is 0 Å². The summed E-state index contributed by atoms with van der Waals surface area (Å²) >= 11 is 0. The molecule has 112 valence electrons. The van der Waals surface area contributed by atoms with Gasteiger partial charge in [0, 0.05) is 38.1 Å². The Labute approximate surface area is 119 Å². The second-order valence-corrected chi connectivity index (χ2v) is 6.12. The standard InChI is InChI=1S/C13H23N5O2/c1-13(2,3)12-14-10(15-16-12)11(20)18-6-4-17(5-7-18)8-9-19/h19H,4-9H2,1-3H3,(H,14,15,16). The van der Waals surface area contributed by atoms with Gasteiger partial charge in [-0.1, -0.05) is 20.8 Å². The number of aromatic amines is 1. The Balaban J connectivity index is 1.97. The van der Waals surface area contributed by atoms with Gasteiger partial charge in [-0.15, -0.1) is 5.10 Å². The van der Waals surface area contributed by atoms with Crippen molar-refractivity contribution in [1.29, 1.82) is 0 Å². The largest absolute Gasteiger partial charge is 0.395 e. The number of carbonyl (C=O) groups excluding carboxylic acids is 1. The van der Waals surface area contributed by atoms with E-state index in [0.29, 0.717) is 19.6 Å². The third-order valence-corrected chi connectivity index (χ3v) is 3.46. The number of hydrogen-bond acceptors (Lipinski definition) is 5. The number of carbonyl (C=O) groups is 1. The van der Waals surface area contributed by atoms with E-state index in [4.69, 9.17) is 5.11 Å². The highest BCUT2D eigenvalue weighted by Gasteiger charge is 2.26. The Morgan fingerprint density at radius 3 is 2.45 bits per heavy atom. The van der Waals surface area contributed by atoms with Crippen molar-refractivity contribution >= 4 is 5.91 Å². The summed E-state index contributed by atoms with van der Waals surface area (Å²) < 4.78 is 0. The summed E-state index contributed by atoms with van der Waals surface area (Å²) in [5, 5.41) is 15.8. The van der Waals surface area contributed by atoms with E-state index in [2.05, 4.69) is 20.1 Å². The maximum Gasteiger partial charge on any atom is 0.293 e. The van der Waals surface area contributed by atoms with E-state index in [1.165, 1.54) is 0 Å². The fourth-order valence-electron chi connectivity index (χ4n) is 2.15. The van der Waals surface area contributed by atoms with E-state index in [1.807, 2.05) is 20.8 Å². The van der Waals surface area contributed by atoms with Crippen LogP contribution in [0.4, 0.5) is 0 Å². The molecule has 2 heterocycles. The van der Waals surface area contributed by atoms with E-state index in [0.717, 1.165) is 18.9 Å². The molecule has 7 heteroatoms. The first-order valence-corrected chi connectivity index (χ1v) is 6.97. The van der Waals surface area contributed by atoms with Crippen LogP contribution in [0.5, 0.6) is 0 Å². The smallest absolute Gasteiger partial charge is 0.293 e. The number of H-pyrrole nitrogens is 1. The SMILES string of the molecule is CC(C)(C)c1nc(C(=O)N2CCN(CCO)CC2)n[nH]1. The van der Waals surface area contributed by atoms with E-state index >= 15 is 0 Å². The molecule has 0 aliphatic carbocycles. The molecule has 20 heavy (non-hydrogen) atoms. The summed E-state index contributed by atoms with van der Waals surface area (Å²) in [5.74, 6) is 0.839. The molecule has 1 aromatic heterocycles. The topological polar surface area (TPSA) is 85.3 Å². The second kappa shape index (κ2) is 5.88. The third kappa shape index (κ3) is 3.34. The van der Waals surface area contributed by atoms with E-state index in [1.54, 1.807) is 4.90 Å². The van der Waals surface area contributed by atoms with Crippen molar-refractivity contribution in [2.24, 2.45) is 0 Å². The lowest BCUT2D eigenvalue weighted by Crippen LogP contribution is -2.49. The molecule has 0 aromatic carbocycles. The first-order chi connectivity index (χ1) is 9.41. The van der Waals surface area contributed by atoms with E-state index < -0.39 is 0 Å². The lowest BCUT2D eigenvalue weighted by Gasteiger charge is -2.33. The maximum atomic E-state index is 12.3. The van der Waals surface area contributed by atoms with Crippen LogP contribution in [0.15, 0.2) is 0 Å². The number of aromatic nitrogens is 3. The average Bonchev–Trinajstić information content (AvgIpc) is 2.89. The zero-order chi connectivity index (χ0) is 14.8. The third-order valence-electron chi connectivity index (χ3n) is 3.46. The number of nitrogens with one attached hydrogen (secondary N) is 1. The molecule has 0 unspecified atom stereocenters. The lowest BCUT2D eigenvalue weighted by atomic mass is 9.96. The Hall–Kier alpha value is -1.47. The second-order valence-electron chi connectivity index (χ2n) is 6.12. The highest BCUT2D eigenvalue weighted by atomic mass is 16.3. The summed E-state index contributed by atoms with van der Waals surface area (Å²) in [7, 11) is 0. The normalized spacial score (nSPS) is 17.5. The Bertz CT molecular complexity index is 458. The van der Waals surface area contributed by atoms with Crippen LogP contribution in [0, 0.1) is 0 Å². The van der Waals surface area contributed by atoms with E-state index in [-0.39, 0.29) is 23.8 Å². The van der Waals surface area contributed by atoms with Gasteiger partial charge in [0.15, 0.2) is 0 Å². The van der Waals surface area contributed by atoms with Crippen molar-refractivity contribution in [2.45, 2.75) is 26.2 Å². The van der Waals surface area contributed by atoms with Crippen LogP contribution in [-0.2, 0) is 5.41 Å². The molecule has 1 saturated heterocycles. The summed E-state index contributed by atoms with van der Waals surface area (Å²) in [4.78, 5) is 20.5. The number of β-amino-alcohol motifs (C(OH)–C–C–N with tert-alkyl or cyclic N) is 1. The van der Waals surface area contributed by atoms with Crippen LogP contribution in [-0.4, -0.2) is 75.3 Å². The van der Waals surface area contributed by atoms with Gasteiger partial charge in [0.05, 0.1) is 6.61 Å². The summed E-state index contributed by atoms with van der Waals surface area (Å²) in [6.45, 7) is 9.75. The van der Waals surface area contributed by atoms with Gasteiger partial charge in [-0.05, 0) is 0 Å². The van der Waals surface area contributed by atoms with Crippen LogP contribution in [0.25, 0.3) is 0 Å². The predicted molar refractivity (Wildman–Crippen MR) is 74.5 cm³/mol. The molecule has 7 nitrogen and oxygen atoms in total. The summed E-state index contributed by atoms with van der Waals surface area (Å²) in [6, 6.07) is 0. The van der Waals surface area contributed by atoms with Crippen LogP contribution < -0.4 is 0 Å². The first kappa shape index (κ1) is 14.9. The average molecular weight is 281 g/mol.